The third-order valence-electron chi connectivity index (χ3n) is 2.08. The summed E-state index contributed by atoms with van der Waals surface area (Å²) < 4.78 is 5.32. The Hall–Kier alpha value is -1.33. The number of nitrogens with zero attached hydrogens (tertiary/aromatic N) is 1. The van der Waals surface area contributed by atoms with Gasteiger partial charge in [-0.2, -0.15) is 0 Å². The molecule has 0 radical (unpaired) electrons. The van der Waals surface area contributed by atoms with Gasteiger partial charge in [0.05, 0.1) is 13.2 Å². The van der Waals surface area contributed by atoms with E-state index in [-0.39, 0.29) is 12.5 Å². The van der Waals surface area contributed by atoms with Gasteiger partial charge in [0.1, 0.15) is 17.6 Å². The minimum atomic E-state index is -0.856. The molecular formula is C10H16N2O3. The zero-order valence-corrected chi connectivity index (χ0v) is 8.93. The second-order valence-corrected chi connectivity index (χ2v) is 3.50. The molecule has 3 N–H and O–H groups in total. The number of hydrogen-bond donors (Lipinski definition) is 2. The molecule has 0 bridgehead atoms. The van der Waals surface area contributed by atoms with Crippen molar-refractivity contribution in [2.75, 3.05) is 13.7 Å². The molecular weight excluding hydrogens is 196 g/mol. The molecule has 0 saturated carbocycles. The Morgan fingerprint density at radius 3 is 2.80 bits per heavy atom. The van der Waals surface area contributed by atoms with Crippen LogP contribution in [0.3, 0.4) is 0 Å². The Bertz CT molecular complexity index is 335. The number of amides is 1. The van der Waals surface area contributed by atoms with Crippen molar-refractivity contribution in [3.63, 3.8) is 0 Å². The minimum Gasteiger partial charge on any atom is -0.464 e. The van der Waals surface area contributed by atoms with Crippen molar-refractivity contribution in [1.29, 1.82) is 0 Å². The molecule has 84 valence electrons. The van der Waals surface area contributed by atoms with Gasteiger partial charge in [0.15, 0.2) is 0 Å². The Morgan fingerprint density at radius 1 is 1.67 bits per heavy atom. The summed E-state index contributed by atoms with van der Waals surface area (Å²) in [7, 11) is 1.62. The fraction of sp³-hybridized carbons (Fsp3) is 0.500. The zero-order chi connectivity index (χ0) is 11.4. The number of hydrogen-bond acceptors (Lipinski definition) is 4. The summed E-state index contributed by atoms with van der Waals surface area (Å²) in [6.07, 6.45) is 0. The van der Waals surface area contributed by atoms with E-state index in [0.717, 1.165) is 5.76 Å². The van der Waals surface area contributed by atoms with Crippen LogP contribution in [-0.4, -0.2) is 35.6 Å². The first-order chi connectivity index (χ1) is 7.04. The highest BCUT2D eigenvalue weighted by Crippen LogP contribution is 2.08. The molecule has 0 fully saturated rings. The average Bonchev–Trinajstić information content (AvgIpc) is 2.61. The highest BCUT2D eigenvalue weighted by Gasteiger charge is 2.17. The van der Waals surface area contributed by atoms with Crippen LogP contribution < -0.4 is 5.73 Å². The molecule has 1 amide bonds. The maximum atomic E-state index is 11.5. The average molecular weight is 212 g/mol. The first kappa shape index (κ1) is 11.7. The van der Waals surface area contributed by atoms with Crippen LogP contribution in [0.25, 0.3) is 0 Å². The van der Waals surface area contributed by atoms with Crippen LogP contribution in [0.1, 0.15) is 11.5 Å². The molecule has 0 aliphatic heterocycles. The first-order valence-corrected chi connectivity index (χ1v) is 4.71. The van der Waals surface area contributed by atoms with E-state index >= 15 is 0 Å². The van der Waals surface area contributed by atoms with Crippen LogP contribution in [0.4, 0.5) is 0 Å². The molecule has 1 unspecified atom stereocenters. The van der Waals surface area contributed by atoms with Gasteiger partial charge in [0.2, 0.25) is 5.91 Å². The largest absolute Gasteiger partial charge is 0.464 e. The number of nitrogens with two attached hydrogens (primary N) is 1. The van der Waals surface area contributed by atoms with Crippen molar-refractivity contribution < 1.29 is 14.3 Å². The van der Waals surface area contributed by atoms with Gasteiger partial charge in [-0.15, -0.1) is 0 Å². The molecule has 0 spiro atoms. The van der Waals surface area contributed by atoms with Gasteiger partial charge >= 0.3 is 0 Å². The van der Waals surface area contributed by atoms with Crippen molar-refractivity contribution >= 4 is 5.91 Å². The molecule has 1 atom stereocenters. The molecule has 5 heteroatoms. The summed E-state index contributed by atoms with van der Waals surface area (Å²) in [6, 6.07) is 2.79. The Labute approximate surface area is 88.5 Å². The van der Waals surface area contributed by atoms with E-state index in [2.05, 4.69) is 0 Å². The van der Waals surface area contributed by atoms with Gasteiger partial charge < -0.3 is 20.2 Å². The van der Waals surface area contributed by atoms with Crippen LogP contribution in [-0.2, 0) is 11.3 Å². The van der Waals surface area contributed by atoms with E-state index in [1.807, 2.05) is 19.1 Å². The Balaban J connectivity index is 2.55. The summed E-state index contributed by atoms with van der Waals surface area (Å²) >= 11 is 0. The number of carbonyl (C=O) groups is 1. The summed E-state index contributed by atoms with van der Waals surface area (Å²) in [5, 5.41) is 8.73. The topological polar surface area (TPSA) is 79.7 Å². The smallest absolute Gasteiger partial charge is 0.242 e. The lowest BCUT2D eigenvalue weighted by atomic mass is 10.3. The number of likely N-dealkylation sites (N-methyl/N-ethyl adjacent to an activating group) is 1. The molecule has 1 aromatic heterocycles. The maximum Gasteiger partial charge on any atom is 0.242 e. The van der Waals surface area contributed by atoms with Crippen molar-refractivity contribution in [3.05, 3.63) is 23.7 Å². The molecule has 0 aliphatic rings. The highest BCUT2D eigenvalue weighted by atomic mass is 16.3. The summed E-state index contributed by atoms with van der Waals surface area (Å²) in [6.45, 7) is 1.85. The predicted molar refractivity (Wildman–Crippen MR) is 55.0 cm³/mol. The van der Waals surface area contributed by atoms with Crippen molar-refractivity contribution in [3.8, 4) is 0 Å². The van der Waals surface area contributed by atoms with Crippen LogP contribution in [0.15, 0.2) is 16.5 Å². The zero-order valence-electron chi connectivity index (χ0n) is 8.93. The third-order valence-corrected chi connectivity index (χ3v) is 2.08. The number of aryl methyl sites for hydroxylation is 1. The van der Waals surface area contributed by atoms with Gasteiger partial charge in [-0.05, 0) is 19.1 Å². The molecule has 1 heterocycles. The summed E-state index contributed by atoms with van der Waals surface area (Å²) in [5.74, 6) is 1.21. The highest BCUT2D eigenvalue weighted by molar-refractivity contribution is 5.81. The molecule has 1 rings (SSSR count). The number of aliphatic hydroxyl groups excluding tert-OH is 1. The number of furan rings is 1. The van der Waals surface area contributed by atoms with Crippen LogP contribution in [0.2, 0.25) is 0 Å². The number of aliphatic hydroxyl groups is 1. The van der Waals surface area contributed by atoms with Gasteiger partial charge in [-0.25, -0.2) is 0 Å². The van der Waals surface area contributed by atoms with Crippen molar-refractivity contribution in [2.24, 2.45) is 5.73 Å². The second kappa shape index (κ2) is 4.95. The van der Waals surface area contributed by atoms with E-state index in [0.29, 0.717) is 12.3 Å². The Morgan fingerprint density at radius 2 is 2.33 bits per heavy atom. The molecule has 15 heavy (non-hydrogen) atoms. The van der Waals surface area contributed by atoms with Gasteiger partial charge in [-0.3, -0.25) is 4.79 Å². The van der Waals surface area contributed by atoms with Crippen LogP contribution in [0.5, 0.6) is 0 Å². The molecule has 0 aromatic carbocycles. The van der Waals surface area contributed by atoms with E-state index < -0.39 is 6.04 Å². The third kappa shape index (κ3) is 3.07. The van der Waals surface area contributed by atoms with Crippen LogP contribution >= 0.6 is 0 Å². The molecule has 1 aromatic rings. The van der Waals surface area contributed by atoms with Crippen molar-refractivity contribution in [1.82, 2.24) is 4.90 Å². The molecule has 5 nitrogen and oxygen atoms in total. The first-order valence-electron chi connectivity index (χ1n) is 4.71. The standard InChI is InChI=1S/C10H16N2O3/c1-7-3-4-8(15-7)5-12(2)10(14)9(11)6-13/h3-4,9,13H,5-6,11H2,1-2H3. The minimum absolute atomic E-state index is 0.299. The quantitative estimate of drug-likeness (QED) is 0.728. The van der Waals surface area contributed by atoms with Gasteiger partial charge in [-0.1, -0.05) is 0 Å². The molecule has 0 saturated heterocycles. The van der Waals surface area contributed by atoms with Gasteiger partial charge in [0.25, 0.3) is 0 Å². The fourth-order valence-electron chi connectivity index (χ4n) is 1.24. The summed E-state index contributed by atoms with van der Waals surface area (Å²) in [5.41, 5.74) is 5.40. The van der Waals surface area contributed by atoms with E-state index in [1.165, 1.54) is 4.90 Å². The summed E-state index contributed by atoms with van der Waals surface area (Å²) in [4.78, 5) is 12.9. The Kier molecular flexibility index (Phi) is 3.88. The van der Waals surface area contributed by atoms with E-state index in [4.69, 9.17) is 15.3 Å². The van der Waals surface area contributed by atoms with Crippen molar-refractivity contribution in [2.45, 2.75) is 19.5 Å². The fourth-order valence-corrected chi connectivity index (χ4v) is 1.24. The maximum absolute atomic E-state index is 11.5. The molecule has 0 aliphatic carbocycles. The monoisotopic (exact) mass is 212 g/mol. The van der Waals surface area contributed by atoms with E-state index in [9.17, 15) is 4.79 Å². The number of carbonyl (C=O) groups excluding carboxylic acids is 1. The lowest BCUT2D eigenvalue weighted by Gasteiger charge is -2.18. The predicted octanol–water partition coefficient (Wildman–Crippen LogP) is -0.134. The lowest BCUT2D eigenvalue weighted by molar-refractivity contribution is -0.132. The van der Waals surface area contributed by atoms with E-state index in [1.54, 1.807) is 7.05 Å². The normalized spacial score (nSPS) is 12.5. The van der Waals surface area contributed by atoms with Gasteiger partial charge in [0, 0.05) is 7.05 Å². The number of rotatable bonds is 4. The second-order valence-electron chi connectivity index (χ2n) is 3.50. The van der Waals surface area contributed by atoms with Crippen LogP contribution in [0, 0.1) is 6.92 Å². The lowest BCUT2D eigenvalue weighted by Crippen LogP contribution is -2.43. The SMILES string of the molecule is Cc1ccc(CN(C)C(=O)C(N)CO)o1.